The average Bonchev–Trinajstić information content (AvgIpc) is 3.35. The Morgan fingerprint density at radius 2 is 1.46 bits per heavy atom. The van der Waals surface area contributed by atoms with Gasteiger partial charge in [0.1, 0.15) is 10.6 Å². The number of benzene rings is 4. The first kappa shape index (κ1) is 24.7. The van der Waals surface area contributed by atoms with Crippen molar-refractivity contribution in [3.63, 3.8) is 0 Å². The Morgan fingerprint density at radius 1 is 0.811 bits per heavy atom. The highest BCUT2D eigenvalue weighted by Gasteiger charge is 2.16. The molecule has 1 heterocycles. The van der Waals surface area contributed by atoms with Gasteiger partial charge in [0, 0.05) is 10.6 Å². The van der Waals surface area contributed by atoms with E-state index in [1.807, 2.05) is 54.6 Å². The van der Waals surface area contributed by atoms with Gasteiger partial charge in [-0.25, -0.2) is 4.98 Å². The highest BCUT2D eigenvalue weighted by atomic mass is 35.5. The first-order chi connectivity index (χ1) is 18.0. The maximum atomic E-state index is 12.4. The van der Waals surface area contributed by atoms with Gasteiger partial charge in [-0.1, -0.05) is 83.6 Å². The molecule has 0 saturated carbocycles. The van der Waals surface area contributed by atoms with E-state index in [4.69, 9.17) is 20.8 Å². The van der Waals surface area contributed by atoms with Gasteiger partial charge in [0.15, 0.2) is 0 Å². The van der Waals surface area contributed by atoms with Crippen LogP contribution in [0.15, 0.2) is 119 Å². The van der Waals surface area contributed by atoms with Crippen molar-refractivity contribution in [1.82, 2.24) is 4.98 Å². The van der Waals surface area contributed by atoms with Gasteiger partial charge in [0.05, 0.1) is 16.8 Å². The van der Waals surface area contributed by atoms with Crippen molar-refractivity contribution in [2.75, 3.05) is 5.43 Å². The highest BCUT2D eigenvalue weighted by molar-refractivity contribution is 7.87. The van der Waals surface area contributed by atoms with Gasteiger partial charge >= 0.3 is 10.1 Å². The zero-order valence-corrected chi connectivity index (χ0v) is 21.7. The summed E-state index contributed by atoms with van der Waals surface area (Å²) in [5, 5.41) is 5.61. The van der Waals surface area contributed by atoms with E-state index in [-0.39, 0.29) is 10.6 Å². The summed E-state index contributed by atoms with van der Waals surface area (Å²) in [5.41, 5.74) is 6.62. The third kappa shape index (κ3) is 6.06. The van der Waals surface area contributed by atoms with Crippen LogP contribution in [0.25, 0.3) is 21.7 Å². The van der Waals surface area contributed by atoms with Crippen LogP contribution >= 0.6 is 22.9 Å². The maximum Gasteiger partial charge on any atom is 0.339 e. The number of rotatable bonds is 8. The minimum absolute atomic E-state index is 0.0983. The summed E-state index contributed by atoms with van der Waals surface area (Å²) in [5.74, 6) is 0.217. The molecule has 0 aliphatic rings. The van der Waals surface area contributed by atoms with Crippen LogP contribution in [0.3, 0.4) is 0 Å². The van der Waals surface area contributed by atoms with E-state index in [2.05, 4.69) is 10.5 Å². The largest absolute Gasteiger partial charge is 0.379 e. The molecular weight excluding hydrogens is 526 g/mol. The molecule has 37 heavy (non-hydrogen) atoms. The molecule has 1 aromatic heterocycles. The Hall–Kier alpha value is -3.98. The average molecular weight is 546 g/mol. The van der Waals surface area contributed by atoms with Gasteiger partial charge < -0.3 is 4.18 Å². The molecule has 1 N–H and O–H groups in total. The molecule has 0 fully saturated rings. The van der Waals surface area contributed by atoms with Gasteiger partial charge in [-0.2, -0.15) is 13.5 Å². The molecule has 6 nitrogen and oxygen atoms in total. The van der Waals surface area contributed by atoms with Crippen molar-refractivity contribution in [3.05, 3.63) is 120 Å². The Bertz CT molecular complexity index is 1620. The molecule has 0 amide bonds. The first-order valence-electron chi connectivity index (χ1n) is 11.2. The van der Waals surface area contributed by atoms with Gasteiger partial charge in [0.25, 0.3) is 0 Å². The fourth-order valence-corrected chi connectivity index (χ4v) is 5.51. The second kappa shape index (κ2) is 11.0. The number of aromatic nitrogens is 1. The third-order valence-corrected chi connectivity index (χ3v) is 7.79. The molecule has 4 aromatic carbocycles. The molecule has 0 aliphatic carbocycles. The summed E-state index contributed by atoms with van der Waals surface area (Å²) in [6.07, 6.45) is 1.63. The zero-order valence-electron chi connectivity index (χ0n) is 19.3. The van der Waals surface area contributed by atoms with Crippen LogP contribution in [-0.4, -0.2) is 19.6 Å². The lowest BCUT2D eigenvalue weighted by molar-refractivity contribution is 0.486. The van der Waals surface area contributed by atoms with Gasteiger partial charge in [-0.15, -0.1) is 0 Å². The summed E-state index contributed by atoms with van der Waals surface area (Å²) in [4.78, 5) is 5.88. The Kier molecular flexibility index (Phi) is 7.32. The number of hydrogen-bond donors (Lipinski definition) is 1. The molecule has 5 rings (SSSR count). The quantitative estimate of drug-likeness (QED) is 0.125. The third-order valence-electron chi connectivity index (χ3n) is 5.27. The molecule has 9 heteroatoms. The number of thiazole rings is 1. The first-order valence-corrected chi connectivity index (χ1v) is 13.8. The predicted octanol–water partition coefficient (Wildman–Crippen LogP) is 7.34. The topological polar surface area (TPSA) is 80.7 Å². The summed E-state index contributed by atoms with van der Waals surface area (Å²) >= 11 is 7.57. The zero-order chi connectivity index (χ0) is 25.7. The lowest BCUT2D eigenvalue weighted by atomic mass is 10.1. The molecule has 0 unspecified atom stereocenters. The van der Waals surface area contributed by atoms with Crippen molar-refractivity contribution >= 4 is 44.4 Å². The van der Waals surface area contributed by atoms with Crippen LogP contribution in [0, 0.1) is 0 Å². The van der Waals surface area contributed by atoms with Crippen LogP contribution in [0.4, 0.5) is 5.13 Å². The van der Waals surface area contributed by atoms with E-state index in [1.165, 1.54) is 23.5 Å². The summed E-state index contributed by atoms with van der Waals surface area (Å²) < 4.78 is 30.0. The lowest BCUT2D eigenvalue weighted by Crippen LogP contribution is -2.09. The molecule has 184 valence electrons. The van der Waals surface area contributed by atoms with Crippen molar-refractivity contribution < 1.29 is 12.6 Å². The van der Waals surface area contributed by atoms with Crippen LogP contribution < -0.4 is 9.61 Å². The van der Waals surface area contributed by atoms with Crippen molar-refractivity contribution in [1.29, 1.82) is 0 Å². The Morgan fingerprint density at radius 3 is 2.14 bits per heavy atom. The van der Waals surface area contributed by atoms with Crippen molar-refractivity contribution in [2.45, 2.75) is 4.90 Å². The predicted molar refractivity (Wildman–Crippen MR) is 150 cm³/mol. The minimum Gasteiger partial charge on any atom is -0.379 e. The van der Waals surface area contributed by atoms with Crippen LogP contribution in [0.5, 0.6) is 5.75 Å². The fourth-order valence-electron chi connectivity index (χ4n) is 3.49. The van der Waals surface area contributed by atoms with Crippen LogP contribution in [0.1, 0.15) is 5.56 Å². The number of anilines is 1. The van der Waals surface area contributed by atoms with Gasteiger partial charge in [0.2, 0.25) is 5.13 Å². The van der Waals surface area contributed by atoms with E-state index >= 15 is 0 Å². The Labute approximate surface area is 224 Å². The standard InChI is InChI=1S/C28H20ClN3O3S2/c29-23-15-13-21(14-16-23)26-27(22-7-3-1-4-8-22)36-28(31-26)32-30-19-20-11-17-24(18-12-20)35-37(33,34)25-9-5-2-6-10-25/h1-19H,(H,31,32). The van der Waals surface area contributed by atoms with Gasteiger partial charge in [-0.05, 0) is 59.7 Å². The lowest BCUT2D eigenvalue weighted by Gasteiger charge is -2.06. The van der Waals surface area contributed by atoms with Crippen molar-refractivity contribution in [3.8, 4) is 27.4 Å². The number of hydrogen-bond acceptors (Lipinski definition) is 7. The van der Waals surface area contributed by atoms with E-state index in [9.17, 15) is 8.42 Å². The summed E-state index contributed by atoms with van der Waals surface area (Å²) in [6, 6.07) is 32.2. The summed E-state index contributed by atoms with van der Waals surface area (Å²) in [7, 11) is -3.89. The monoisotopic (exact) mass is 545 g/mol. The number of hydrazone groups is 1. The molecule has 0 radical (unpaired) electrons. The van der Waals surface area contributed by atoms with Crippen LogP contribution in [0.2, 0.25) is 5.02 Å². The molecule has 0 bridgehead atoms. The fraction of sp³-hybridized carbons (Fsp3) is 0. The number of nitrogens with one attached hydrogen (secondary N) is 1. The van der Waals surface area contributed by atoms with E-state index in [1.54, 1.807) is 48.7 Å². The van der Waals surface area contributed by atoms with Crippen LogP contribution in [-0.2, 0) is 10.1 Å². The highest BCUT2D eigenvalue weighted by Crippen LogP contribution is 2.39. The van der Waals surface area contributed by atoms with Crippen molar-refractivity contribution in [2.24, 2.45) is 5.10 Å². The minimum atomic E-state index is -3.89. The molecule has 5 aromatic rings. The number of halogens is 1. The van der Waals surface area contributed by atoms with E-state index in [0.29, 0.717) is 10.2 Å². The smallest absolute Gasteiger partial charge is 0.339 e. The SMILES string of the molecule is O=S(=O)(Oc1ccc(C=NNc2nc(-c3ccc(Cl)cc3)c(-c3ccccc3)s2)cc1)c1ccccc1. The molecule has 0 saturated heterocycles. The summed E-state index contributed by atoms with van der Waals surface area (Å²) in [6.45, 7) is 0. The number of nitrogens with zero attached hydrogens (tertiary/aromatic N) is 2. The second-order valence-corrected chi connectivity index (χ2v) is 10.8. The molecule has 0 aliphatic heterocycles. The van der Waals surface area contributed by atoms with E-state index < -0.39 is 10.1 Å². The Balaban J connectivity index is 1.31. The normalized spacial score (nSPS) is 11.5. The van der Waals surface area contributed by atoms with Gasteiger partial charge in [-0.3, -0.25) is 5.43 Å². The van der Waals surface area contributed by atoms with E-state index in [0.717, 1.165) is 27.3 Å². The molecule has 0 atom stereocenters. The molecular formula is C28H20ClN3O3S2. The molecule has 0 spiro atoms. The maximum absolute atomic E-state index is 12.4. The second-order valence-electron chi connectivity index (χ2n) is 7.86.